The summed E-state index contributed by atoms with van der Waals surface area (Å²) in [6.45, 7) is 4.39. The van der Waals surface area contributed by atoms with Crippen molar-refractivity contribution in [2.75, 3.05) is 13.1 Å². The second-order valence-electron chi connectivity index (χ2n) is 6.39. The summed E-state index contributed by atoms with van der Waals surface area (Å²) in [5.41, 5.74) is 1.60. The molecule has 0 aliphatic carbocycles. The van der Waals surface area contributed by atoms with Crippen LogP contribution in [0.5, 0.6) is 0 Å². The Hall–Kier alpha value is -2.21. The average molecular weight is 330 g/mol. The maximum atomic E-state index is 13.8. The Balaban J connectivity index is 1.51. The highest BCUT2D eigenvalue weighted by molar-refractivity contribution is 5.76. The largest absolute Gasteiger partial charge is 0.350 e. The molecule has 5 nitrogen and oxygen atoms in total. The maximum absolute atomic E-state index is 13.8. The van der Waals surface area contributed by atoms with E-state index < -0.39 is 0 Å². The molecule has 1 fully saturated rings. The third kappa shape index (κ3) is 4.41. The van der Waals surface area contributed by atoms with Gasteiger partial charge in [0.2, 0.25) is 5.91 Å². The fraction of sp³-hybridized carbons (Fsp3) is 0.444. The van der Waals surface area contributed by atoms with E-state index in [1.54, 1.807) is 16.9 Å². The van der Waals surface area contributed by atoms with E-state index in [1.165, 1.54) is 6.07 Å². The van der Waals surface area contributed by atoms with E-state index in [-0.39, 0.29) is 24.3 Å². The van der Waals surface area contributed by atoms with Crippen molar-refractivity contribution in [1.82, 2.24) is 20.0 Å². The monoisotopic (exact) mass is 330 g/mol. The number of hydrogen-bond donors (Lipinski definition) is 1. The first-order chi connectivity index (χ1) is 11.6. The molecule has 2 heterocycles. The minimum atomic E-state index is -0.169. The minimum Gasteiger partial charge on any atom is -0.350 e. The van der Waals surface area contributed by atoms with Gasteiger partial charge < -0.3 is 5.32 Å². The Kier molecular flexibility index (Phi) is 5.25. The van der Waals surface area contributed by atoms with Gasteiger partial charge in [0.15, 0.2) is 0 Å². The normalized spacial score (nSPS) is 18.5. The zero-order valence-corrected chi connectivity index (χ0v) is 13.9. The van der Waals surface area contributed by atoms with E-state index in [1.807, 2.05) is 25.1 Å². The number of aromatic nitrogens is 2. The number of likely N-dealkylation sites (tertiary alicyclic amines) is 1. The van der Waals surface area contributed by atoms with Crippen molar-refractivity contribution >= 4 is 5.91 Å². The average Bonchev–Trinajstić information content (AvgIpc) is 2.95. The van der Waals surface area contributed by atoms with Gasteiger partial charge in [0.1, 0.15) is 12.4 Å². The number of carbonyl (C=O) groups is 1. The predicted molar refractivity (Wildman–Crippen MR) is 89.8 cm³/mol. The molecule has 0 spiro atoms. The fourth-order valence-corrected chi connectivity index (χ4v) is 3.16. The summed E-state index contributed by atoms with van der Waals surface area (Å²) in [4.78, 5) is 14.4. The molecule has 128 valence electrons. The highest BCUT2D eigenvalue weighted by Crippen LogP contribution is 2.15. The zero-order chi connectivity index (χ0) is 16.9. The van der Waals surface area contributed by atoms with E-state index in [2.05, 4.69) is 15.3 Å². The highest BCUT2D eigenvalue weighted by Gasteiger charge is 2.22. The Morgan fingerprint density at radius 1 is 1.38 bits per heavy atom. The van der Waals surface area contributed by atoms with Crippen LogP contribution >= 0.6 is 0 Å². The molecule has 1 N–H and O–H groups in total. The quantitative estimate of drug-likeness (QED) is 0.913. The highest BCUT2D eigenvalue weighted by atomic mass is 19.1. The molecule has 2 aromatic rings. The van der Waals surface area contributed by atoms with Crippen LogP contribution in [0.15, 0.2) is 36.5 Å². The van der Waals surface area contributed by atoms with Crippen LogP contribution < -0.4 is 5.32 Å². The lowest BCUT2D eigenvalue weighted by atomic mass is 10.0. The molecule has 6 heteroatoms. The first-order valence-corrected chi connectivity index (χ1v) is 8.35. The molecule has 1 aliphatic heterocycles. The number of benzene rings is 1. The molecule has 0 bridgehead atoms. The Morgan fingerprint density at radius 3 is 2.96 bits per heavy atom. The summed E-state index contributed by atoms with van der Waals surface area (Å²) in [5.74, 6) is -0.200. The lowest BCUT2D eigenvalue weighted by molar-refractivity contribution is -0.122. The SMILES string of the molecule is Cc1ccn(CC(=O)NC2CCCN(Cc3ccccc3F)C2)n1. The molecule has 1 aromatic heterocycles. The van der Waals surface area contributed by atoms with E-state index in [4.69, 9.17) is 0 Å². The molecule has 1 aromatic carbocycles. The number of piperidine rings is 1. The van der Waals surface area contributed by atoms with Gasteiger partial charge in [-0.2, -0.15) is 5.10 Å². The zero-order valence-electron chi connectivity index (χ0n) is 13.9. The molecule has 1 unspecified atom stereocenters. The molecule has 24 heavy (non-hydrogen) atoms. The molecule has 0 saturated carbocycles. The Morgan fingerprint density at radius 2 is 2.21 bits per heavy atom. The number of carbonyl (C=O) groups excluding carboxylic acids is 1. The number of nitrogens with one attached hydrogen (secondary N) is 1. The lowest BCUT2D eigenvalue weighted by Gasteiger charge is -2.33. The number of aryl methyl sites for hydroxylation is 1. The predicted octanol–water partition coefficient (Wildman–Crippen LogP) is 2.11. The Labute approximate surface area is 141 Å². The van der Waals surface area contributed by atoms with Crippen molar-refractivity contribution in [2.24, 2.45) is 0 Å². The van der Waals surface area contributed by atoms with Crippen molar-refractivity contribution < 1.29 is 9.18 Å². The van der Waals surface area contributed by atoms with E-state index >= 15 is 0 Å². The van der Waals surface area contributed by atoms with Gasteiger partial charge in [-0.1, -0.05) is 18.2 Å². The van der Waals surface area contributed by atoms with Crippen LogP contribution in [0.4, 0.5) is 4.39 Å². The van der Waals surface area contributed by atoms with Crippen molar-refractivity contribution in [3.05, 3.63) is 53.6 Å². The van der Waals surface area contributed by atoms with Crippen LogP contribution in [0.25, 0.3) is 0 Å². The summed E-state index contributed by atoms with van der Waals surface area (Å²) in [7, 11) is 0. The van der Waals surface area contributed by atoms with Gasteiger partial charge in [0.25, 0.3) is 0 Å². The number of amides is 1. The van der Waals surface area contributed by atoms with Gasteiger partial charge >= 0.3 is 0 Å². The standard InChI is InChI=1S/C18H23FN4O/c1-14-8-10-23(21-14)13-18(24)20-16-6-4-9-22(12-16)11-15-5-2-3-7-17(15)19/h2-3,5,7-8,10,16H,4,6,9,11-13H2,1H3,(H,20,24). The minimum absolute atomic E-state index is 0.0316. The van der Waals surface area contributed by atoms with Crippen molar-refractivity contribution in [3.8, 4) is 0 Å². The number of nitrogens with zero attached hydrogens (tertiary/aromatic N) is 3. The van der Waals surface area contributed by atoms with E-state index in [0.717, 1.165) is 31.6 Å². The summed E-state index contributed by atoms with van der Waals surface area (Å²) >= 11 is 0. The second kappa shape index (κ2) is 7.57. The summed E-state index contributed by atoms with van der Waals surface area (Å²) < 4.78 is 15.4. The molecule has 0 radical (unpaired) electrons. The van der Waals surface area contributed by atoms with Crippen LogP contribution in [-0.2, 0) is 17.9 Å². The first-order valence-electron chi connectivity index (χ1n) is 8.35. The van der Waals surface area contributed by atoms with Crippen LogP contribution in [0.2, 0.25) is 0 Å². The molecule has 1 saturated heterocycles. The van der Waals surface area contributed by atoms with Gasteiger partial charge in [-0.3, -0.25) is 14.4 Å². The van der Waals surface area contributed by atoms with Crippen molar-refractivity contribution in [1.29, 1.82) is 0 Å². The number of hydrogen-bond acceptors (Lipinski definition) is 3. The number of rotatable bonds is 5. The lowest BCUT2D eigenvalue weighted by Crippen LogP contribution is -2.48. The smallest absolute Gasteiger partial charge is 0.241 e. The molecule has 1 aliphatic rings. The second-order valence-corrected chi connectivity index (χ2v) is 6.39. The molecule has 1 atom stereocenters. The van der Waals surface area contributed by atoms with E-state index in [0.29, 0.717) is 12.1 Å². The maximum Gasteiger partial charge on any atom is 0.241 e. The molecule has 3 rings (SSSR count). The van der Waals surface area contributed by atoms with Gasteiger partial charge in [-0.15, -0.1) is 0 Å². The first kappa shape index (κ1) is 16.6. The summed E-state index contributed by atoms with van der Waals surface area (Å²) in [6.07, 6.45) is 3.76. The summed E-state index contributed by atoms with van der Waals surface area (Å²) in [5, 5.41) is 7.30. The third-order valence-corrected chi connectivity index (χ3v) is 4.30. The van der Waals surface area contributed by atoms with Crippen LogP contribution in [-0.4, -0.2) is 39.7 Å². The molecule has 1 amide bonds. The third-order valence-electron chi connectivity index (χ3n) is 4.30. The van der Waals surface area contributed by atoms with Gasteiger partial charge in [0, 0.05) is 30.9 Å². The molecular formula is C18H23FN4O. The van der Waals surface area contributed by atoms with Gasteiger partial charge in [-0.25, -0.2) is 4.39 Å². The van der Waals surface area contributed by atoms with Gasteiger partial charge in [-0.05, 0) is 38.4 Å². The fourth-order valence-electron chi connectivity index (χ4n) is 3.16. The number of halogens is 1. The van der Waals surface area contributed by atoms with Gasteiger partial charge in [0.05, 0.1) is 5.69 Å². The van der Waals surface area contributed by atoms with Crippen molar-refractivity contribution in [2.45, 2.75) is 38.9 Å². The van der Waals surface area contributed by atoms with Crippen LogP contribution in [0.3, 0.4) is 0 Å². The van der Waals surface area contributed by atoms with Crippen molar-refractivity contribution in [3.63, 3.8) is 0 Å². The topological polar surface area (TPSA) is 50.2 Å². The van der Waals surface area contributed by atoms with Crippen LogP contribution in [0.1, 0.15) is 24.1 Å². The van der Waals surface area contributed by atoms with E-state index in [9.17, 15) is 9.18 Å². The van der Waals surface area contributed by atoms with Crippen LogP contribution in [0, 0.1) is 12.7 Å². The molecular weight excluding hydrogens is 307 g/mol. The summed E-state index contributed by atoms with van der Waals surface area (Å²) in [6, 6.07) is 8.85. The Bertz CT molecular complexity index is 700.